The van der Waals surface area contributed by atoms with Crippen molar-refractivity contribution >= 4 is 22.0 Å². The van der Waals surface area contributed by atoms with E-state index >= 15 is 0 Å². The topological polar surface area (TPSA) is 92.6 Å². The van der Waals surface area contributed by atoms with Crippen LogP contribution in [0.15, 0.2) is 36.4 Å². The first kappa shape index (κ1) is 26.0. The Balaban J connectivity index is 1.83. The highest BCUT2D eigenvalue weighted by molar-refractivity contribution is 8.16. The Bertz CT molecular complexity index is 1190. The lowest BCUT2D eigenvalue weighted by Crippen LogP contribution is -2.37. The monoisotopic (exact) mass is 513 g/mol. The van der Waals surface area contributed by atoms with Crippen LogP contribution in [0.4, 0.5) is 5.95 Å². The predicted molar refractivity (Wildman–Crippen MR) is 145 cm³/mol. The van der Waals surface area contributed by atoms with E-state index in [1.165, 1.54) is 19.3 Å². The second-order valence-corrected chi connectivity index (χ2v) is 10.7. The van der Waals surface area contributed by atoms with Crippen molar-refractivity contribution in [1.29, 1.82) is 0 Å². The molecule has 9 nitrogen and oxygen atoms in total. The highest BCUT2D eigenvalue weighted by Crippen LogP contribution is 2.41. The van der Waals surface area contributed by atoms with Crippen LogP contribution in [0.5, 0.6) is 17.4 Å². The molecule has 0 bridgehead atoms. The maximum Gasteiger partial charge on any atom is 0.239 e. The summed E-state index contributed by atoms with van der Waals surface area (Å²) in [5.74, 6) is 3.42. The van der Waals surface area contributed by atoms with Gasteiger partial charge in [-0.05, 0) is 56.2 Å². The summed E-state index contributed by atoms with van der Waals surface area (Å²) in [7, 11) is 6.32. The van der Waals surface area contributed by atoms with E-state index in [1.807, 2.05) is 42.0 Å². The highest BCUT2D eigenvalue weighted by Gasteiger charge is 2.33. The minimum absolute atomic E-state index is 0.169. The van der Waals surface area contributed by atoms with Crippen molar-refractivity contribution in [2.75, 3.05) is 33.2 Å². The fraction of sp³-hybridized carbons (Fsp3) is 0.462. The summed E-state index contributed by atoms with van der Waals surface area (Å²) < 4.78 is 28.3. The van der Waals surface area contributed by atoms with Crippen molar-refractivity contribution in [2.45, 2.75) is 44.5 Å². The Kier molecular flexibility index (Phi) is 8.48. The van der Waals surface area contributed by atoms with Gasteiger partial charge in [0.05, 0.1) is 27.4 Å². The van der Waals surface area contributed by atoms with Gasteiger partial charge in [-0.15, -0.1) is 10.2 Å². The van der Waals surface area contributed by atoms with E-state index in [-0.39, 0.29) is 22.0 Å². The molecule has 0 amide bonds. The van der Waals surface area contributed by atoms with E-state index in [4.69, 9.17) is 18.9 Å². The molecular weight excluding hydrogens is 478 g/mol. The van der Waals surface area contributed by atoms with Crippen LogP contribution in [0.3, 0.4) is 0 Å². The molecule has 1 aliphatic rings. The summed E-state index contributed by atoms with van der Waals surface area (Å²) in [5, 5.41) is 11.5. The summed E-state index contributed by atoms with van der Waals surface area (Å²) in [4.78, 5) is 4.61. The molecule has 194 valence electrons. The number of rotatable bonds is 11. The molecule has 0 saturated heterocycles. The average Bonchev–Trinajstić information content (AvgIpc) is 3.31. The van der Waals surface area contributed by atoms with E-state index < -0.39 is 0 Å². The molecule has 1 aliphatic carbocycles. The second-order valence-electron chi connectivity index (χ2n) is 8.56. The molecule has 3 aromatic rings. The third kappa shape index (κ3) is 5.05. The first-order valence-electron chi connectivity index (χ1n) is 12.0. The first-order valence-corrected chi connectivity index (χ1v) is 13.4. The molecule has 2 aromatic heterocycles. The molecule has 1 aromatic carbocycles. The number of pyridine rings is 1. The van der Waals surface area contributed by atoms with E-state index in [9.17, 15) is 0 Å². The summed E-state index contributed by atoms with van der Waals surface area (Å²) >= 11 is 0. The van der Waals surface area contributed by atoms with Crippen LogP contribution in [0, 0.1) is 5.92 Å². The van der Waals surface area contributed by atoms with Crippen molar-refractivity contribution in [1.82, 2.24) is 19.7 Å². The molecule has 36 heavy (non-hydrogen) atoms. The fourth-order valence-corrected chi connectivity index (χ4v) is 6.28. The molecular formula is C26H35N5O4S. The Labute approximate surface area is 215 Å². The lowest BCUT2D eigenvalue weighted by atomic mass is 9.80. The number of hydrogen-bond donors (Lipinski definition) is 1. The number of methoxy groups -OCH3 is 4. The van der Waals surface area contributed by atoms with Gasteiger partial charge in [-0.3, -0.25) is 4.57 Å². The lowest BCUT2D eigenvalue weighted by molar-refractivity contribution is 0.0210. The quantitative estimate of drug-likeness (QED) is 0.359. The van der Waals surface area contributed by atoms with Crippen LogP contribution < -0.4 is 18.9 Å². The zero-order valence-corrected chi connectivity index (χ0v) is 22.5. The van der Waals surface area contributed by atoms with Gasteiger partial charge in [-0.25, -0.2) is 4.98 Å². The van der Waals surface area contributed by atoms with Gasteiger partial charge < -0.3 is 23.7 Å². The molecule has 0 spiro atoms. The van der Waals surface area contributed by atoms with Crippen LogP contribution in [-0.2, 0) is 4.74 Å². The maximum absolute atomic E-state index is 5.96. The molecule has 1 N–H and O–H groups in total. The second kappa shape index (κ2) is 11.7. The van der Waals surface area contributed by atoms with E-state index in [0.29, 0.717) is 46.5 Å². The third-order valence-electron chi connectivity index (χ3n) is 6.66. The van der Waals surface area contributed by atoms with Crippen LogP contribution in [0.25, 0.3) is 17.2 Å². The minimum Gasteiger partial charge on any atom is -0.494 e. The Morgan fingerprint density at radius 1 is 1.00 bits per heavy atom. The predicted octanol–water partition coefficient (Wildman–Crippen LogP) is 4.98. The largest absolute Gasteiger partial charge is 0.494 e. The average molecular weight is 514 g/mol. The Hall–Kier alpha value is -3.11. The zero-order chi connectivity index (χ0) is 25.7. The number of ether oxygens (including phenoxy) is 4. The summed E-state index contributed by atoms with van der Waals surface area (Å²) in [6.07, 6.45) is 3.86. The van der Waals surface area contributed by atoms with Gasteiger partial charge in [0.25, 0.3) is 0 Å². The normalized spacial score (nSPS) is 16.2. The molecule has 0 aliphatic heterocycles. The number of aromatic nitrogens is 4. The molecule has 0 radical (unpaired) electrons. The van der Waals surface area contributed by atoms with Crippen LogP contribution in [0.2, 0.25) is 0 Å². The van der Waals surface area contributed by atoms with Crippen molar-refractivity contribution in [3.05, 3.63) is 36.4 Å². The van der Waals surface area contributed by atoms with E-state index in [1.54, 1.807) is 27.4 Å². The smallest absolute Gasteiger partial charge is 0.239 e. The van der Waals surface area contributed by atoms with Gasteiger partial charge in [-0.1, -0.05) is 29.2 Å². The zero-order valence-electron chi connectivity index (χ0n) is 21.7. The summed E-state index contributed by atoms with van der Waals surface area (Å²) in [6.45, 7) is 4.30. The summed E-state index contributed by atoms with van der Waals surface area (Å²) in [5.41, 5.74) is 1.30. The maximum atomic E-state index is 5.96. The minimum atomic E-state index is -0.346. The van der Waals surface area contributed by atoms with Crippen LogP contribution in [-0.4, -0.2) is 64.9 Å². The molecule has 3 atom stereocenters. The molecule has 2 heterocycles. The van der Waals surface area contributed by atoms with E-state index in [0.717, 1.165) is 0 Å². The SMILES string of the molecule is C/C=S(/Nc1nnc(-c2cccc(OC)n2)n1-c1c(OC)cccc1OC)[C@H](C)[C@H](OC)C1CCC1. The third-order valence-corrected chi connectivity index (χ3v) is 8.66. The standard InChI is InChI=1S/C26H35N5O4S/c1-7-36(17(2)24(35-6)18-11-8-12-18)30-26-29-28-25(19-13-9-16-22(27-19)34-5)31(26)23-20(32-3)14-10-15-21(23)33-4/h7,9-10,13-18,24H,8,11-12H2,1-6H3,(H,29,30)/t17-,24+,36?/m1/s1. The molecule has 4 rings (SSSR count). The number of nitrogens with zero attached hydrogens (tertiary/aromatic N) is 4. The lowest BCUT2D eigenvalue weighted by Gasteiger charge is -2.37. The summed E-state index contributed by atoms with van der Waals surface area (Å²) in [6, 6.07) is 11.2. The number of hydrogen-bond acceptors (Lipinski definition) is 8. The molecule has 1 unspecified atom stereocenters. The van der Waals surface area contributed by atoms with Crippen molar-refractivity contribution in [3.63, 3.8) is 0 Å². The molecule has 10 heteroatoms. The van der Waals surface area contributed by atoms with Gasteiger partial charge in [0, 0.05) is 18.4 Å². The highest BCUT2D eigenvalue weighted by atomic mass is 32.2. The van der Waals surface area contributed by atoms with Gasteiger partial charge in [-0.2, -0.15) is 0 Å². The molecule has 1 saturated carbocycles. The van der Waals surface area contributed by atoms with Crippen LogP contribution in [0.1, 0.15) is 33.1 Å². The number of anilines is 1. The Morgan fingerprint density at radius 3 is 2.25 bits per heavy atom. The number of para-hydroxylation sites is 1. The van der Waals surface area contributed by atoms with E-state index in [2.05, 4.69) is 39.1 Å². The molecule has 1 fully saturated rings. The van der Waals surface area contributed by atoms with Crippen molar-refractivity contribution in [3.8, 4) is 34.6 Å². The van der Waals surface area contributed by atoms with Crippen LogP contribution >= 0.6 is 10.7 Å². The Morgan fingerprint density at radius 2 is 1.69 bits per heavy atom. The van der Waals surface area contributed by atoms with Crippen molar-refractivity contribution < 1.29 is 18.9 Å². The van der Waals surface area contributed by atoms with Crippen molar-refractivity contribution in [2.24, 2.45) is 5.92 Å². The fourth-order valence-electron chi connectivity index (χ4n) is 4.59. The van der Waals surface area contributed by atoms with Gasteiger partial charge in [0.1, 0.15) is 22.9 Å². The number of nitrogens with one attached hydrogen (secondary N) is 1. The number of benzene rings is 1. The van der Waals surface area contributed by atoms with Gasteiger partial charge >= 0.3 is 0 Å². The first-order chi connectivity index (χ1) is 17.6. The van der Waals surface area contributed by atoms with Gasteiger partial charge in [0.15, 0.2) is 5.82 Å². The van der Waals surface area contributed by atoms with Gasteiger partial charge in [0.2, 0.25) is 11.8 Å².